The van der Waals surface area contributed by atoms with Crippen LogP contribution in [0.25, 0.3) is 33.9 Å². The van der Waals surface area contributed by atoms with E-state index in [1.807, 2.05) is 60.7 Å². The molecule has 32 heavy (non-hydrogen) atoms. The monoisotopic (exact) mass is 415 g/mol. The SMILES string of the molecule is CC1=C(c2ccccc2C)CCC=C1c1nc(-c2ccccc2)nc(-c2ccccc2)n1. The van der Waals surface area contributed by atoms with Crippen LogP contribution in [0.1, 0.15) is 36.7 Å². The number of nitrogens with zero attached hydrogens (tertiary/aromatic N) is 3. The van der Waals surface area contributed by atoms with E-state index in [2.05, 4.69) is 44.2 Å². The van der Waals surface area contributed by atoms with Gasteiger partial charge >= 0.3 is 0 Å². The number of hydrogen-bond acceptors (Lipinski definition) is 3. The van der Waals surface area contributed by atoms with Gasteiger partial charge in [0.2, 0.25) is 0 Å². The highest BCUT2D eigenvalue weighted by Crippen LogP contribution is 2.37. The van der Waals surface area contributed by atoms with Gasteiger partial charge in [0.1, 0.15) is 0 Å². The van der Waals surface area contributed by atoms with E-state index in [9.17, 15) is 0 Å². The number of benzene rings is 3. The number of aromatic nitrogens is 3. The Morgan fingerprint density at radius 3 is 1.72 bits per heavy atom. The molecule has 0 spiro atoms. The van der Waals surface area contributed by atoms with E-state index in [4.69, 9.17) is 15.0 Å². The topological polar surface area (TPSA) is 38.7 Å². The normalized spacial score (nSPS) is 13.8. The molecule has 0 N–H and O–H groups in total. The lowest BCUT2D eigenvalue weighted by atomic mass is 9.85. The first-order valence-corrected chi connectivity index (χ1v) is 11.0. The molecule has 156 valence electrons. The maximum Gasteiger partial charge on any atom is 0.164 e. The molecule has 0 saturated heterocycles. The molecule has 0 bridgehead atoms. The van der Waals surface area contributed by atoms with E-state index in [-0.39, 0.29) is 0 Å². The van der Waals surface area contributed by atoms with E-state index in [0.717, 1.165) is 35.4 Å². The summed E-state index contributed by atoms with van der Waals surface area (Å²) in [6, 6.07) is 28.9. The molecule has 1 aliphatic rings. The van der Waals surface area contributed by atoms with Gasteiger partial charge in [0.05, 0.1) is 0 Å². The van der Waals surface area contributed by atoms with E-state index < -0.39 is 0 Å². The van der Waals surface area contributed by atoms with Gasteiger partial charge in [-0.05, 0) is 49.0 Å². The Bertz CT molecular complexity index is 1260. The van der Waals surface area contributed by atoms with E-state index in [1.54, 1.807) is 0 Å². The summed E-state index contributed by atoms with van der Waals surface area (Å²) in [5.74, 6) is 2.14. The summed E-state index contributed by atoms with van der Waals surface area (Å²) in [6.07, 6.45) is 4.28. The van der Waals surface area contributed by atoms with Crippen LogP contribution < -0.4 is 0 Å². The first-order valence-electron chi connectivity index (χ1n) is 11.0. The van der Waals surface area contributed by atoms with Crippen molar-refractivity contribution < 1.29 is 0 Å². The summed E-state index contributed by atoms with van der Waals surface area (Å²) < 4.78 is 0. The largest absolute Gasteiger partial charge is 0.208 e. The zero-order valence-corrected chi connectivity index (χ0v) is 18.4. The van der Waals surface area contributed by atoms with Gasteiger partial charge in [-0.15, -0.1) is 0 Å². The Morgan fingerprint density at radius 1 is 0.594 bits per heavy atom. The Balaban J connectivity index is 1.67. The summed E-state index contributed by atoms with van der Waals surface area (Å²) in [5, 5.41) is 0. The molecule has 3 nitrogen and oxygen atoms in total. The quantitative estimate of drug-likeness (QED) is 0.355. The first kappa shape index (κ1) is 20.1. The molecule has 1 aliphatic carbocycles. The molecule has 0 unspecified atom stereocenters. The second-order valence-electron chi connectivity index (χ2n) is 8.11. The second kappa shape index (κ2) is 8.72. The van der Waals surface area contributed by atoms with E-state index in [0.29, 0.717) is 11.6 Å². The van der Waals surface area contributed by atoms with Gasteiger partial charge in [0.15, 0.2) is 17.5 Å². The van der Waals surface area contributed by atoms with Crippen molar-refractivity contribution in [2.24, 2.45) is 0 Å². The molecule has 0 radical (unpaired) electrons. The number of hydrogen-bond donors (Lipinski definition) is 0. The van der Waals surface area contributed by atoms with E-state index >= 15 is 0 Å². The van der Waals surface area contributed by atoms with Crippen molar-refractivity contribution >= 4 is 11.1 Å². The molecule has 0 atom stereocenters. The molecule has 1 aromatic heterocycles. The summed E-state index contributed by atoms with van der Waals surface area (Å²) in [6.45, 7) is 4.37. The number of rotatable bonds is 4. The third kappa shape index (κ3) is 3.90. The lowest BCUT2D eigenvalue weighted by Crippen LogP contribution is -2.07. The molecule has 3 aromatic carbocycles. The predicted molar refractivity (Wildman–Crippen MR) is 132 cm³/mol. The van der Waals surface area contributed by atoms with Gasteiger partial charge < -0.3 is 0 Å². The zero-order chi connectivity index (χ0) is 21.9. The summed E-state index contributed by atoms with van der Waals surface area (Å²) >= 11 is 0. The summed E-state index contributed by atoms with van der Waals surface area (Å²) in [7, 11) is 0. The minimum absolute atomic E-state index is 0.700. The fraction of sp³-hybridized carbons (Fsp3) is 0.138. The van der Waals surface area contributed by atoms with Gasteiger partial charge in [-0.2, -0.15) is 0 Å². The van der Waals surface area contributed by atoms with Crippen LogP contribution in [0.2, 0.25) is 0 Å². The van der Waals surface area contributed by atoms with Crippen LogP contribution in [0.4, 0.5) is 0 Å². The Hall–Kier alpha value is -3.85. The molecule has 3 heteroatoms. The molecule has 0 aliphatic heterocycles. The Kier molecular flexibility index (Phi) is 5.47. The van der Waals surface area contributed by atoms with Crippen LogP contribution in [0.15, 0.2) is 96.6 Å². The van der Waals surface area contributed by atoms with Crippen LogP contribution in [0.5, 0.6) is 0 Å². The zero-order valence-electron chi connectivity index (χ0n) is 18.4. The van der Waals surface area contributed by atoms with Crippen molar-refractivity contribution in [3.05, 3.63) is 114 Å². The number of allylic oxidation sites excluding steroid dienone is 4. The van der Waals surface area contributed by atoms with Crippen LogP contribution in [0, 0.1) is 6.92 Å². The van der Waals surface area contributed by atoms with Gasteiger partial charge in [-0.1, -0.05) is 91.0 Å². The molecule has 4 aromatic rings. The van der Waals surface area contributed by atoms with Gasteiger partial charge in [-0.25, -0.2) is 15.0 Å². The summed E-state index contributed by atoms with van der Waals surface area (Å²) in [4.78, 5) is 14.7. The fourth-order valence-corrected chi connectivity index (χ4v) is 4.30. The second-order valence-corrected chi connectivity index (χ2v) is 8.11. The maximum atomic E-state index is 4.93. The highest BCUT2D eigenvalue weighted by Gasteiger charge is 2.20. The van der Waals surface area contributed by atoms with Gasteiger partial charge in [0, 0.05) is 16.7 Å². The van der Waals surface area contributed by atoms with Crippen molar-refractivity contribution in [3.63, 3.8) is 0 Å². The van der Waals surface area contributed by atoms with E-state index in [1.165, 1.54) is 22.3 Å². The molecule has 5 rings (SSSR count). The molecule has 0 fully saturated rings. The smallest absolute Gasteiger partial charge is 0.164 e. The highest BCUT2D eigenvalue weighted by atomic mass is 15.0. The van der Waals surface area contributed by atoms with Crippen molar-refractivity contribution in [1.29, 1.82) is 0 Å². The molecule has 0 amide bonds. The van der Waals surface area contributed by atoms with Crippen LogP contribution >= 0.6 is 0 Å². The van der Waals surface area contributed by atoms with Crippen molar-refractivity contribution in [2.75, 3.05) is 0 Å². The fourth-order valence-electron chi connectivity index (χ4n) is 4.30. The first-order chi connectivity index (χ1) is 15.7. The minimum atomic E-state index is 0.700. The third-order valence-electron chi connectivity index (χ3n) is 6.01. The standard InChI is InChI=1S/C29H25N3/c1-20-12-9-10-17-24(20)25-18-11-19-26(21(25)2)29-31-27(22-13-5-3-6-14-22)30-28(32-29)23-15-7-4-8-16-23/h3-10,12-17,19H,11,18H2,1-2H3. The minimum Gasteiger partial charge on any atom is -0.208 e. The van der Waals surface area contributed by atoms with Crippen LogP contribution in [-0.4, -0.2) is 15.0 Å². The summed E-state index contributed by atoms with van der Waals surface area (Å²) in [5.41, 5.74) is 8.32. The Labute approximate surface area is 189 Å². The molecular weight excluding hydrogens is 390 g/mol. The average Bonchev–Trinajstić information content (AvgIpc) is 2.85. The van der Waals surface area contributed by atoms with Crippen molar-refractivity contribution in [3.8, 4) is 22.8 Å². The predicted octanol–water partition coefficient (Wildman–Crippen LogP) is 7.16. The van der Waals surface area contributed by atoms with Gasteiger partial charge in [0.25, 0.3) is 0 Å². The van der Waals surface area contributed by atoms with Gasteiger partial charge in [-0.3, -0.25) is 0 Å². The van der Waals surface area contributed by atoms with Crippen molar-refractivity contribution in [1.82, 2.24) is 15.0 Å². The third-order valence-corrected chi connectivity index (χ3v) is 6.01. The molecule has 0 saturated carbocycles. The Morgan fingerprint density at radius 2 is 1.12 bits per heavy atom. The van der Waals surface area contributed by atoms with Crippen molar-refractivity contribution in [2.45, 2.75) is 26.7 Å². The number of aryl methyl sites for hydroxylation is 1. The lowest BCUT2D eigenvalue weighted by Gasteiger charge is -2.21. The highest BCUT2D eigenvalue weighted by molar-refractivity contribution is 5.89. The van der Waals surface area contributed by atoms with Crippen LogP contribution in [0.3, 0.4) is 0 Å². The average molecular weight is 416 g/mol. The van der Waals surface area contributed by atoms with Crippen LogP contribution in [-0.2, 0) is 0 Å². The maximum absolute atomic E-state index is 4.93. The molecule has 1 heterocycles. The lowest BCUT2D eigenvalue weighted by molar-refractivity contribution is 0.999. The molecular formula is C29H25N3.